The van der Waals surface area contributed by atoms with Crippen molar-refractivity contribution in [3.8, 4) is 0 Å². The SMILES string of the molecule is Cc1ccc(N2C(=O)[C@@H]3[C@H](c4ccc(Cl)cc4)c4sc(=O)n(CC(=O)N5CCOCC5)c4S[C@@H]3C2=O)cc1. The second-order valence-electron chi connectivity index (χ2n) is 9.56. The van der Waals surface area contributed by atoms with Crippen LogP contribution in [0.1, 0.15) is 21.9 Å². The second-order valence-corrected chi connectivity index (χ2v) is 12.1. The van der Waals surface area contributed by atoms with Gasteiger partial charge >= 0.3 is 4.87 Å². The summed E-state index contributed by atoms with van der Waals surface area (Å²) in [7, 11) is 0. The number of thiazole rings is 1. The Hall–Kier alpha value is -2.92. The summed E-state index contributed by atoms with van der Waals surface area (Å²) in [5.74, 6) is -1.99. The number of ether oxygens (including phenoxy) is 1. The first kappa shape index (κ1) is 25.4. The maximum absolute atomic E-state index is 13.9. The highest BCUT2D eigenvalue weighted by Gasteiger charge is 2.56. The molecule has 3 amide bonds. The lowest BCUT2D eigenvalue weighted by Gasteiger charge is -2.31. The lowest BCUT2D eigenvalue weighted by atomic mass is 9.83. The fraction of sp³-hybridized carbons (Fsp3) is 0.333. The van der Waals surface area contributed by atoms with E-state index >= 15 is 0 Å². The summed E-state index contributed by atoms with van der Waals surface area (Å²) >= 11 is 8.41. The highest BCUT2D eigenvalue weighted by molar-refractivity contribution is 8.00. The van der Waals surface area contributed by atoms with Gasteiger partial charge in [0.15, 0.2) is 0 Å². The van der Waals surface area contributed by atoms with Crippen LogP contribution in [-0.2, 0) is 25.7 Å². The second kappa shape index (κ2) is 10.00. The minimum atomic E-state index is -0.726. The first-order valence-corrected chi connectivity index (χ1v) is 14.4. The molecule has 0 aliphatic carbocycles. The molecule has 2 fully saturated rings. The number of benzene rings is 2. The van der Waals surface area contributed by atoms with Crippen molar-refractivity contribution in [3.05, 3.63) is 79.2 Å². The van der Waals surface area contributed by atoms with Crippen LogP contribution in [0.25, 0.3) is 0 Å². The Morgan fingerprint density at radius 3 is 2.37 bits per heavy atom. The molecule has 8 nitrogen and oxygen atoms in total. The van der Waals surface area contributed by atoms with E-state index in [0.717, 1.165) is 22.5 Å². The zero-order valence-corrected chi connectivity index (χ0v) is 22.9. The van der Waals surface area contributed by atoms with Crippen molar-refractivity contribution in [2.75, 3.05) is 31.2 Å². The number of carbonyl (C=O) groups excluding carboxylic acids is 3. The lowest BCUT2D eigenvalue weighted by Crippen LogP contribution is -2.43. The Balaban J connectivity index is 1.43. The standard InChI is InChI=1S/C27H24ClN3O5S2/c1-15-2-8-18(9-3-15)31-24(33)21-20(16-4-6-17(28)7-5-16)23-26(37-22(21)25(31)34)30(27(35)38-23)14-19(32)29-10-12-36-13-11-29/h2-9,20-22H,10-14H2,1H3/t20-,21+,22-/m0/s1. The van der Waals surface area contributed by atoms with Gasteiger partial charge in [0.1, 0.15) is 11.8 Å². The van der Waals surface area contributed by atoms with Crippen LogP contribution in [0.4, 0.5) is 5.69 Å². The predicted molar refractivity (Wildman–Crippen MR) is 146 cm³/mol. The molecule has 0 saturated carbocycles. The number of hydrogen-bond donors (Lipinski definition) is 0. The molecule has 6 rings (SSSR count). The molecule has 0 bridgehead atoms. The topological polar surface area (TPSA) is 88.9 Å². The molecule has 3 atom stereocenters. The third-order valence-electron chi connectivity index (χ3n) is 7.23. The van der Waals surface area contributed by atoms with Crippen LogP contribution in [0.15, 0.2) is 58.4 Å². The van der Waals surface area contributed by atoms with Gasteiger partial charge in [0, 0.05) is 28.9 Å². The van der Waals surface area contributed by atoms with Gasteiger partial charge in [-0.05, 0) is 36.8 Å². The number of amides is 3. The molecule has 38 heavy (non-hydrogen) atoms. The van der Waals surface area contributed by atoms with Crippen molar-refractivity contribution >= 4 is 58.1 Å². The number of thioether (sulfide) groups is 1. The van der Waals surface area contributed by atoms with Crippen LogP contribution in [-0.4, -0.2) is 58.7 Å². The number of imide groups is 1. The van der Waals surface area contributed by atoms with Crippen LogP contribution < -0.4 is 9.77 Å². The molecule has 0 radical (unpaired) electrons. The number of hydrogen-bond acceptors (Lipinski definition) is 7. The highest BCUT2D eigenvalue weighted by Crippen LogP contribution is 2.53. The molecule has 196 valence electrons. The summed E-state index contributed by atoms with van der Waals surface area (Å²) in [5, 5.41) is 0.401. The number of nitrogens with zero attached hydrogens (tertiary/aromatic N) is 3. The monoisotopic (exact) mass is 569 g/mol. The van der Waals surface area contributed by atoms with Crippen molar-refractivity contribution in [2.45, 2.75) is 29.7 Å². The van der Waals surface area contributed by atoms with Crippen molar-refractivity contribution < 1.29 is 19.1 Å². The van der Waals surface area contributed by atoms with Crippen molar-refractivity contribution in [1.29, 1.82) is 0 Å². The number of rotatable bonds is 4. The molecular formula is C27H24ClN3O5S2. The van der Waals surface area contributed by atoms with E-state index in [4.69, 9.17) is 16.3 Å². The van der Waals surface area contributed by atoms with Gasteiger partial charge in [-0.1, -0.05) is 64.5 Å². The van der Waals surface area contributed by atoms with Gasteiger partial charge in [-0.15, -0.1) is 0 Å². The minimum absolute atomic E-state index is 0.119. The van der Waals surface area contributed by atoms with E-state index in [-0.39, 0.29) is 29.1 Å². The largest absolute Gasteiger partial charge is 0.378 e. The summed E-state index contributed by atoms with van der Waals surface area (Å²) in [4.78, 5) is 57.3. The molecule has 0 unspecified atom stereocenters. The summed E-state index contributed by atoms with van der Waals surface area (Å²) in [6, 6.07) is 14.4. The van der Waals surface area contributed by atoms with Gasteiger partial charge in [0.2, 0.25) is 17.7 Å². The zero-order valence-electron chi connectivity index (χ0n) is 20.5. The van der Waals surface area contributed by atoms with E-state index in [1.54, 1.807) is 29.2 Å². The van der Waals surface area contributed by atoms with Crippen molar-refractivity contribution in [1.82, 2.24) is 9.47 Å². The van der Waals surface area contributed by atoms with E-state index in [2.05, 4.69) is 0 Å². The molecule has 4 heterocycles. The maximum atomic E-state index is 13.9. The van der Waals surface area contributed by atoms with Gasteiger partial charge in [-0.2, -0.15) is 0 Å². The van der Waals surface area contributed by atoms with E-state index in [0.29, 0.717) is 46.9 Å². The fourth-order valence-electron chi connectivity index (χ4n) is 5.28. The first-order valence-electron chi connectivity index (χ1n) is 12.3. The molecule has 3 aliphatic heterocycles. The van der Waals surface area contributed by atoms with Crippen LogP contribution in [0.2, 0.25) is 5.02 Å². The molecular weight excluding hydrogens is 546 g/mol. The third-order valence-corrected chi connectivity index (χ3v) is 10.1. The number of carbonyl (C=O) groups is 3. The highest BCUT2D eigenvalue weighted by atomic mass is 35.5. The summed E-state index contributed by atoms with van der Waals surface area (Å²) in [6.45, 7) is 3.70. The summed E-state index contributed by atoms with van der Waals surface area (Å²) in [5.41, 5.74) is 2.35. The average Bonchev–Trinajstić information content (AvgIpc) is 3.36. The van der Waals surface area contributed by atoms with Gasteiger partial charge in [-0.25, -0.2) is 4.90 Å². The number of aryl methyl sites for hydroxylation is 1. The molecule has 11 heteroatoms. The minimum Gasteiger partial charge on any atom is -0.378 e. The first-order chi connectivity index (χ1) is 18.3. The molecule has 2 aromatic carbocycles. The zero-order chi connectivity index (χ0) is 26.6. The Morgan fingerprint density at radius 1 is 1.00 bits per heavy atom. The molecule has 0 spiro atoms. The number of fused-ring (bicyclic) bond motifs is 2. The molecule has 1 aromatic heterocycles. The Bertz CT molecular complexity index is 1480. The van der Waals surface area contributed by atoms with Crippen LogP contribution >= 0.6 is 34.7 Å². The molecule has 3 aliphatic rings. The van der Waals surface area contributed by atoms with E-state index in [9.17, 15) is 19.2 Å². The molecule has 0 N–H and O–H groups in total. The Kier molecular flexibility index (Phi) is 6.67. The number of anilines is 1. The maximum Gasteiger partial charge on any atom is 0.308 e. The average molecular weight is 570 g/mol. The van der Waals surface area contributed by atoms with Crippen LogP contribution in [0.5, 0.6) is 0 Å². The van der Waals surface area contributed by atoms with Gasteiger partial charge in [0.05, 0.1) is 29.8 Å². The fourth-order valence-corrected chi connectivity index (χ4v) is 8.18. The third kappa shape index (κ3) is 4.29. The van der Waals surface area contributed by atoms with E-state index < -0.39 is 17.1 Å². The van der Waals surface area contributed by atoms with Crippen molar-refractivity contribution in [2.24, 2.45) is 5.92 Å². The quantitative estimate of drug-likeness (QED) is 0.447. The van der Waals surface area contributed by atoms with E-state index in [1.165, 1.54) is 21.2 Å². The Labute approximate surface area is 232 Å². The van der Waals surface area contributed by atoms with Crippen molar-refractivity contribution in [3.63, 3.8) is 0 Å². The van der Waals surface area contributed by atoms with Gasteiger partial charge in [0.25, 0.3) is 0 Å². The number of halogens is 1. The van der Waals surface area contributed by atoms with Crippen LogP contribution in [0.3, 0.4) is 0 Å². The lowest BCUT2D eigenvalue weighted by molar-refractivity contribution is -0.136. The van der Waals surface area contributed by atoms with E-state index in [1.807, 2.05) is 31.2 Å². The molecule has 3 aromatic rings. The van der Waals surface area contributed by atoms with Gasteiger partial charge in [-0.3, -0.25) is 23.7 Å². The number of aromatic nitrogens is 1. The van der Waals surface area contributed by atoms with Gasteiger partial charge < -0.3 is 9.64 Å². The number of morpholine rings is 1. The summed E-state index contributed by atoms with van der Waals surface area (Å²) < 4.78 is 6.81. The predicted octanol–water partition coefficient (Wildman–Crippen LogP) is 3.53. The molecule has 2 saturated heterocycles. The Morgan fingerprint density at radius 2 is 1.68 bits per heavy atom. The van der Waals surface area contributed by atoms with Crippen LogP contribution in [0, 0.1) is 12.8 Å². The smallest absolute Gasteiger partial charge is 0.308 e. The summed E-state index contributed by atoms with van der Waals surface area (Å²) in [6.07, 6.45) is 0. The normalized spacial score (nSPS) is 22.9.